The summed E-state index contributed by atoms with van der Waals surface area (Å²) >= 11 is 0. The lowest BCUT2D eigenvalue weighted by molar-refractivity contribution is -0.119. The van der Waals surface area contributed by atoms with Crippen molar-refractivity contribution in [1.82, 2.24) is 0 Å². The molecule has 3 nitrogen and oxygen atoms in total. The molecule has 0 aliphatic rings. The molecule has 0 spiro atoms. The van der Waals surface area contributed by atoms with Crippen molar-refractivity contribution >= 4 is 11.5 Å². The Morgan fingerprint density at radius 3 is 1.84 bits per heavy atom. The number of nitrogens with one attached hydrogen (secondary N) is 1. The Kier molecular flexibility index (Phi) is 6.98. The van der Waals surface area contributed by atoms with E-state index in [1.54, 1.807) is 7.11 Å². The van der Waals surface area contributed by atoms with Gasteiger partial charge in [-0.2, -0.15) is 0 Å². The van der Waals surface area contributed by atoms with Crippen molar-refractivity contribution < 1.29 is 9.53 Å². The predicted octanol–water partition coefficient (Wildman–Crippen LogP) is 6.12. The van der Waals surface area contributed by atoms with Crippen molar-refractivity contribution in [1.29, 1.82) is 0 Å². The Balaban J connectivity index is 1.76. The van der Waals surface area contributed by atoms with Gasteiger partial charge in [-0.05, 0) is 41.0 Å². The second-order valence-electron chi connectivity index (χ2n) is 7.78. The molecule has 0 amide bonds. The predicted molar refractivity (Wildman–Crippen MR) is 130 cm³/mol. The van der Waals surface area contributed by atoms with E-state index in [9.17, 15) is 4.79 Å². The van der Waals surface area contributed by atoms with Crippen molar-refractivity contribution in [3.05, 3.63) is 132 Å². The van der Waals surface area contributed by atoms with E-state index in [2.05, 4.69) is 17.4 Å². The number of Topliss-reactive ketones (excluding diaryl/α,β-unsaturated/α-hetero) is 1. The molecule has 0 aliphatic carbocycles. The summed E-state index contributed by atoms with van der Waals surface area (Å²) in [7, 11) is 1.66. The van der Waals surface area contributed by atoms with Gasteiger partial charge in [-0.3, -0.25) is 4.79 Å². The first-order chi connectivity index (χ1) is 15.7. The SMILES string of the molecule is COc1ccc([C@@H](c2ccccc2)[C@@H](Nc2ccccc2)C(=O)Cc2ccccc2)cc1. The number of benzene rings is 4. The largest absolute Gasteiger partial charge is 0.497 e. The fourth-order valence-electron chi connectivity index (χ4n) is 4.02. The minimum atomic E-state index is -0.437. The molecule has 1 N–H and O–H groups in total. The van der Waals surface area contributed by atoms with Crippen LogP contribution in [0.4, 0.5) is 5.69 Å². The molecule has 0 heterocycles. The zero-order valence-corrected chi connectivity index (χ0v) is 18.1. The van der Waals surface area contributed by atoms with Gasteiger partial charge >= 0.3 is 0 Å². The molecular weight excluding hydrogens is 394 g/mol. The van der Waals surface area contributed by atoms with Crippen LogP contribution < -0.4 is 10.1 Å². The van der Waals surface area contributed by atoms with E-state index >= 15 is 0 Å². The topological polar surface area (TPSA) is 38.3 Å². The maximum atomic E-state index is 13.7. The fourth-order valence-corrected chi connectivity index (χ4v) is 4.02. The first-order valence-electron chi connectivity index (χ1n) is 10.8. The molecule has 160 valence electrons. The van der Waals surface area contributed by atoms with Crippen molar-refractivity contribution in [2.24, 2.45) is 0 Å². The molecule has 0 saturated carbocycles. The van der Waals surface area contributed by atoms with Gasteiger partial charge in [-0.1, -0.05) is 91.0 Å². The Morgan fingerprint density at radius 1 is 0.719 bits per heavy atom. The number of ether oxygens (including phenoxy) is 1. The van der Waals surface area contributed by atoms with Crippen molar-refractivity contribution in [2.75, 3.05) is 12.4 Å². The lowest BCUT2D eigenvalue weighted by atomic mass is 9.81. The number of carbonyl (C=O) groups excluding carboxylic acids is 1. The van der Waals surface area contributed by atoms with Crippen LogP contribution in [0.3, 0.4) is 0 Å². The van der Waals surface area contributed by atoms with E-state index in [1.807, 2.05) is 103 Å². The third-order valence-electron chi connectivity index (χ3n) is 5.63. The molecule has 0 radical (unpaired) electrons. The molecular formula is C29H27NO2. The van der Waals surface area contributed by atoms with E-state index in [0.29, 0.717) is 6.42 Å². The van der Waals surface area contributed by atoms with Crippen LogP contribution in [0.5, 0.6) is 5.75 Å². The van der Waals surface area contributed by atoms with Gasteiger partial charge in [0.05, 0.1) is 13.2 Å². The molecule has 0 saturated heterocycles. The summed E-state index contributed by atoms with van der Waals surface area (Å²) in [5, 5.41) is 3.54. The maximum Gasteiger partial charge on any atom is 0.160 e. The average molecular weight is 422 g/mol. The minimum absolute atomic E-state index is 0.143. The molecule has 0 unspecified atom stereocenters. The van der Waals surface area contributed by atoms with Crippen LogP contribution in [-0.4, -0.2) is 18.9 Å². The fraction of sp³-hybridized carbons (Fsp3) is 0.138. The van der Waals surface area contributed by atoms with Crippen LogP contribution in [0.25, 0.3) is 0 Å². The molecule has 4 aromatic carbocycles. The van der Waals surface area contributed by atoms with E-state index in [-0.39, 0.29) is 11.7 Å². The Bertz CT molecular complexity index is 1110. The van der Waals surface area contributed by atoms with E-state index < -0.39 is 6.04 Å². The Labute approximate surface area is 189 Å². The first kappa shape index (κ1) is 21.4. The van der Waals surface area contributed by atoms with Gasteiger partial charge in [0.25, 0.3) is 0 Å². The summed E-state index contributed by atoms with van der Waals surface area (Å²) in [6.45, 7) is 0. The summed E-state index contributed by atoms with van der Waals surface area (Å²) in [6.07, 6.45) is 0.366. The van der Waals surface area contributed by atoms with Crippen molar-refractivity contribution in [3.8, 4) is 5.75 Å². The Morgan fingerprint density at radius 2 is 1.25 bits per heavy atom. The summed E-state index contributed by atoms with van der Waals surface area (Å²) in [5.41, 5.74) is 4.09. The van der Waals surface area contributed by atoms with Crippen LogP contribution >= 0.6 is 0 Å². The molecule has 2 atom stereocenters. The van der Waals surface area contributed by atoms with Crippen LogP contribution in [-0.2, 0) is 11.2 Å². The second-order valence-corrected chi connectivity index (χ2v) is 7.78. The first-order valence-corrected chi connectivity index (χ1v) is 10.8. The summed E-state index contributed by atoms with van der Waals surface area (Å²) in [6, 6.07) is 37.6. The average Bonchev–Trinajstić information content (AvgIpc) is 2.86. The number of ketones is 1. The zero-order valence-electron chi connectivity index (χ0n) is 18.1. The number of anilines is 1. The van der Waals surface area contributed by atoms with Gasteiger partial charge in [0.2, 0.25) is 0 Å². The molecule has 0 bridgehead atoms. The monoisotopic (exact) mass is 421 g/mol. The molecule has 0 aliphatic heterocycles. The van der Waals surface area contributed by atoms with Crippen LogP contribution in [0, 0.1) is 0 Å². The number of para-hydroxylation sites is 1. The highest BCUT2D eigenvalue weighted by atomic mass is 16.5. The van der Waals surface area contributed by atoms with Crippen molar-refractivity contribution in [3.63, 3.8) is 0 Å². The molecule has 4 aromatic rings. The van der Waals surface area contributed by atoms with Crippen LogP contribution in [0.15, 0.2) is 115 Å². The number of hydrogen-bond acceptors (Lipinski definition) is 3. The lowest BCUT2D eigenvalue weighted by Crippen LogP contribution is -2.37. The maximum absolute atomic E-state index is 13.7. The molecule has 4 rings (SSSR count). The molecule has 0 aromatic heterocycles. The highest BCUT2D eigenvalue weighted by Gasteiger charge is 2.31. The van der Waals surface area contributed by atoms with Gasteiger partial charge < -0.3 is 10.1 Å². The second kappa shape index (κ2) is 10.5. The zero-order chi connectivity index (χ0) is 22.2. The summed E-state index contributed by atoms with van der Waals surface area (Å²) in [4.78, 5) is 13.7. The number of methoxy groups -OCH3 is 1. The third-order valence-corrected chi connectivity index (χ3v) is 5.63. The van der Waals surface area contributed by atoms with Gasteiger partial charge in [0, 0.05) is 18.0 Å². The quantitative estimate of drug-likeness (QED) is 0.354. The van der Waals surface area contributed by atoms with Crippen LogP contribution in [0.1, 0.15) is 22.6 Å². The Hall–Kier alpha value is -3.85. The molecule has 32 heavy (non-hydrogen) atoms. The number of hydrogen-bond donors (Lipinski definition) is 1. The summed E-state index contributed by atoms with van der Waals surface area (Å²) in [5.74, 6) is 0.784. The van der Waals surface area contributed by atoms with E-state index in [1.165, 1.54) is 0 Å². The van der Waals surface area contributed by atoms with Gasteiger partial charge in [-0.25, -0.2) is 0 Å². The van der Waals surface area contributed by atoms with Gasteiger partial charge in [0.15, 0.2) is 5.78 Å². The minimum Gasteiger partial charge on any atom is -0.497 e. The molecule has 0 fully saturated rings. The highest BCUT2D eigenvalue weighted by molar-refractivity contribution is 5.90. The smallest absolute Gasteiger partial charge is 0.160 e. The summed E-state index contributed by atoms with van der Waals surface area (Å²) < 4.78 is 5.35. The van der Waals surface area contributed by atoms with Crippen molar-refractivity contribution in [2.45, 2.75) is 18.4 Å². The van der Waals surface area contributed by atoms with E-state index in [0.717, 1.165) is 28.1 Å². The van der Waals surface area contributed by atoms with E-state index in [4.69, 9.17) is 4.74 Å². The van der Waals surface area contributed by atoms with Gasteiger partial charge in [0.1, 0.15) is 5.75 Å². The highest BCUT2D eigenvalue weighted by Crippen LogP contribution is 2.32. The standard InChI is InChI=1S/C29H27NO2/c1-32-26-19-17-24(18-20-26)28(23-13-7-3-8-14-23)29(30-25-15-9-4-10-16-25)27(31)21-22-11-5-2-6-12-22/h2-20,28-30H,21H2,1H3/t28-,29+/m1/s1. The number of carbonyl (C=O) groups is 1. The normalized spacial score (nSPS) is 12.5. The van der Waals surface area contributed by atoms with Crippen LogP contribution in [0.2, 0.25) is 0 Å². The number of rotatable bonds is 9. The third kappa shape index (κ3) is 5.25. The lowest BCUT2D eigenvalue weighted by Gasteiger charge is -2.29. The van der Waals surface area contributed by atoms with Gasteiger partial charge in [-0.15, -0.1) is 0 Å². The molecule has 3 heteroatoms.